The summed E-state index contributed by atoms with van der Waals surface area (Å²) in [5, 5.41) is 10.6. The fourth-order valence-electron chi connectivity index (χ4n) is 3.95. The molecule has 34 heavy (non-hydrogen) atoms. The summed E-state index contributed by atoms with van der Waals surface area (Å²) < 4.78 is 13.0. The smallest absolute Gasteiger partial charge is 0.308 e. The number of halogens is 1. The van der Waals surface area contributed by atoms with Gasteiger partial charge in [0.05, 0.1) is 18.7 Å². The van der Waals surface area contributed by atoms with E-state index in [1.807, 2.05) is 45.0 Å². The van der Waals surface area contributed by atoms with Crippen LogP contribution in [0, 0.1) is 13.8 Å². The van der Waals surface area contributed by atoms with Gasteiger partial charge in [-0.25, -0.2) is 0 Å². The first kappa shape index (κ1) is 24.6. The zero-order chi connectivity index (χ0) is 24.6. The van der Waals surface area contributed by atoms with Gasteiger partial charge in [-0.2, -0.15) is 0 Å². The monoisotopic (exact) mass is 500 g/mol. The topological polar surface area (TPSA) is 78.6 Å². The molecule has 3 heterocycles. The molecule has 180 valence electrons. The number of carbonyl (C=O) groups excluding carboxylic acids is 1. The van der Waals surface area contributed by atoms with Crippen LogP contribution in [-0.2, 0) is 20.7 Å². The summed E-state index contributed by atoms with van der Waals surface area (Å²) in [4.78, 5) is 19.2. The van der Waals surface area contributed by atoms with Crippen LogP contribution in [0.4, 0.5) is 0 Å². The Kier molecular flexibility index (Phi) is 6.94. The Labute approximate surface area is 208 Å². The lowest BCUT2D eigenvalue weighted by Crippen LogP contribution is -2.25. The van der Waals surface area contributed by atoms with E-state index in [0.29, 0.717) is 23.9 Å². The van der Waals surface area contributed by atoms with Crippen LogP contribution in [0.3, 0.4) is 0 Å². The molecule has 0 saturated heterocycles. The number of aliphatic imine (C=N–C) groups is 1. The number of aryl methyl sites for hydroxylation is 1. The zero-order valence-electron chi connectivity index (χ0n) is 20.3. The van der Waals surface area contributed by atoms with Crippen molar-refractivity contribution in [2.45, 2.75) is 59.1 Å². The minimum absolute atomic E-state index is 0.0593. The molecule has 0 N–H and O–H groups in total. The van der Waals surface area contributed by atoms with E-state index in [1.165, 1.54) is 4.88 Å². The first-order chi connectivity index (χ1) is 16.1. The van der Waals surface area contributed by atoms with Crippen LogP contribution in [0.5, 0.6) is 0 Å². The summed E-state index contributed by atoms with van der Waals surface area (Å²) in [7, 11) is 1.66. The molecule has 0 bridgehead atoms. The van der Waals surface area contributed by atoms with Gasteiger partial charge in [0.25, 0.3) is 0 Å². The molecule has 1 unspecified atom stereocenters. The molecule has 0 saturated carbocycles. The van der Waals surface area contributed by atoms with E-state index in [0.717, 1.165) is 33.2 Å². The highest BCUT2D eigenvalue weighted by atomic mass is 35.5. The molecular formula is C25H29ClN4O3S. The van der Waals surface area contributed by atoms with Crippen molar-refractivity contribution in [2.24, 2.45) is 4.99 Å². The molecule has 1 aromatic carbocycles. The van der Waals surface area contributed by atoms with Gasteiger partial charge in [0.15, 0.2) is 5.82 Å². The minimum Gasteiger partial charge on any atom is -0.460 e. The fourth-order valence-corrected chi connectivity index (χ4v) is 5.26. The Morgan fingerprint density at radius 2 is 1.88 bits per heavy atom. The normalized spacial score (nSPS) is 15.4. The van der Waals surface area contributed by atoms with E-state index in [1.54, 1.807) is 18.4 Å². The number of fused-ring (bicyclic) bond motifs is 3. The second-order valence-corrected chi connectivity index (χ2v) is 10.9. The molecule has 0 spiro atoms. The Bertz CT molecular complexity index is 1240. The van der Waals surface area contributed by atoms with Crippen LogP contribution >= 0.6 is 22.9 Å². The van der Waals surface area contributed by atoms with Crippen molar-refractivity contribution < 1.29 is 14.3 Å². The third-order valence-corrected chi connectivity index (χ3v) is 7.02. The Hall–Kier alpha value is -2.55. The van der Waals surface area contributed by atoms with Crippen LogP contribution in [-0.4, -0.2) is 45.8 Å². The molecule has 7 nitrogen and oxygen atoms in total. The van der Waals surface area contributed by atoms with E-state index >= 15 is 0 Å². The molecule has 2 aromatic heterocycles. The van der Waals surface area contributed by atoms with Crippen molar-refractivity contribution in [3.63, 3.8) is 0 Å². The highest BCUT2D eigenvalue weighted by Crippen LogP contribution is 2.40. The third kappa shape index (κ3) is 4.94. The Morgan fingerprint density at radius 3 is 2.53 bits per heavy atom. The summed E-state index contributed by atoms with van der Waals surface area (Å²) in [6, 6.07) is 7.07. The maximum atomic E-state index is 12.9. The summed E-state index contributed by atoms with van der Waals surface area (Å²) in [6.45, 7) is 10.3. The number of carbonyl (C=O) groups is 1. The van der Waals surface area contributed by atoms with Crippen molar-refractivity contribution in [3.05, 3.63) is 62.5 Å². The predicted octanol–water partition coefficient (Wildman–Crippen LogP) is 5.41. The molecule has 0 aliphatic carbocycles. The van der Waals surface area contributed by atoms with E-state index in [4.69, 9.17) is 26.1 Å². The number of benzene rings is 1. The molecule has 4 rings (SSSR count). The van der Waals surface area contributed by atoms with Crippen molar-refractivity contribution in [2.75, 3.05) is 13.7 Å². The van der Waals surface area contributed by atoms with E-state index < -0.39 is 11.6 Å². The fraction of sp³-hybridized carbons (Fsp3) is 0.440. The minimum atomic E-state index is -0.589. The van der Waals surface area contributed by atoms with Crippen molar-refractivity contribution in [1.82, 2.24) is 14.8 Å². The third-order valence-electron chi connectivity index (χ3n) is 5.57. The lowest BCUT2D eigenvalue weighted by atomic mass is 9.99. The first-order valence-corrected chi connectivity index (χ1v) is 12.4. The largest absolute Gasteiger partial charge is 0.460 e. The molecule has 9 heteroatoms. The molecule has 1 aliphatic heterocycles. The standard InChI is InChI=1S/C25H29ClN4O3S/c1-14-15(2)34-24-21(14)22(16-7-9-17(26)10-8-16)27-18(13-20(31)33-25(3,4)5)23-29-28-19(30(23)24)11-12-32-6/h7-10,18H,11-13H2,1-6H3. The second-order valence-electron chi connectivity index (χ2n) is 9.31. The average molecular weight is 501 g/mol. The van der Waals surface area contributed by atoms with Gasteiger partial charge in [0, 0.05) is 34.6 Å². The van der Waals surface area contributed by atoms with Crippen LogP contribution < -0.4 is 0 Å². The number of hydrogen-bond acceptors (Lipinski definition) is 7. The van der Waals surface area contributed by atoms with Gasteiger partial charge >= 0.3 is 5.97 Å². The number of esters is 1. The second kappa shape index (κ2) is 9.60. The lowest BCUT2D eigenvalue weighted by Gasteiger charge is -2.21. The molecular weight excluding hydrogens is 472 g/mol. The number of hydrogen-bond donors (Lipinski definition) is 0. The number of ether oxygens (including phenoxy) is 2. The SMILES string of the molecule is COCCc1nnc2n1-c1sc(C)c(C)c1C(c1ccc(Cl)cc1)=NC2CC(=O)OC(C)(C)C. The maximum Gasteiger partial charge on any atom is 0.308 e. The number of thiophene rings is 1. The maximum absolute atomic E-state index is 12.9. The lowest BCUT2D eigenvalue weighted by molar-refractivity contribution is -0.155. The Balaban J connectivity index is 1.92. The van der Waals surface area contributed by atoms with Crippen LogP contribution in [0.25, 0.3) is 5.00 Å². The summed E-state index contributed by atoms with van der Waals surface area (Å²) >= 11 is 7.85. The van der Waals surface area contributed by atoms with Gasteiger partial charge in [-0.05, 0) is 52.3 Å². The molecule has 1 aliphatic rings. The van der Waals surface area contributed by atoms with Gasteiger partial charge in [-0.15, -0.1) is 21.5 Å². The average Bonchev–Trinajstić information content (AvgIpc) is 3.26. The molecule has 0 radical (unpaired) electrons. The van der Waals surface area contributed by atoms with E-state index in [9.17, 15) is 4.79 Å². The highest BCUT2D eigenvalue weighted by molar-refractivity contribution is 7.15. The quantitative estimate of drug-likeness (QED) is 0.423. The van der Waals surface area contributed by atoms with Crippen LogP contribution in [0.2, 0.25) is 5.02 Å². The van der Waals surface area contributed by atoms with Gasteiger partial charge in [0.1, 0.15) is 22.5 Å². The van der Waals surface area contributed by atoms with Crippen molar-refractivity contribution >= 4 is 34.6 Å². The summed E-state index contributed by atoms with van der Waals surface area (Å²) in [5.41, 5.74) is 3.32. The molecule has 0 fully saturated rings. The summed E-state index contributed by atoms with van der Waals surface area (Å²) in [6.07, 6.45) is 0.651. The molecule has 0 amide bonds. The van der Waals surface area contributed by atoms with Crippen LogP contribution in [0.15, 0.2) is 29.3 Å². The van der Waals surface area contributed by atoms with Crippen molar-refractivity contribution in [3.8, 4) is 5.00 Å². The van der Waals surface area contributed by atoms with Gasteiger partial charge in [-0.3, -0.25) is 14.4 Å². The van der Waals surface area contributed by atoms with Crippen molar-refractivity contribution in [1.29, 1.82) is 0 Å². The zero-order valence-corrected chi connectivity index (χ0v) is 21.9. The van der Waals surface area contributed by atoms with E-state index in [-0.39, 0.29) is 12.4 Å². The number of rotatable bonds is 6. The Morgan fingerprint density at radius 1 is 1.18 bits per heavy atom. The highest BCUT2D eigenvalue weighted by Gasteiger charge is 2.34. The molecule has 1 atom stereocenters. The van der Waals surface area contributed by atoms with Gasteiger partial charge in [-0.1, -0.05) is 23.7 Å². The summed E-state index contributed by atoms with van der Waals surface area (Å²) in [5.74, 6) is 1.08. The van der Waals surface area contributed by atoms with Gasteiger partial charge < -0.3 is 9.47 Å². The first-order valence-electron chi connectivity index (χ1n) is 11.2. The molecule has 3 aromatic rings. The van der Waals surface area contributed by atoms with Gasteiger partial charge in [0.2, 0.25) is 0 Å². The van der Waals surface area contributed by atoms with E-state index in [2.05, 4.69) is 28.6 Å². The number of methoxy groups -OCH3 is 1. The number of aromatic nitrogens is 3. The number of nitrogens with zero attached hydrogens (tertiary/aromatic N) is 4. The predicted molar refractivity (Wildman–Crippen MR) is 135 cm³/mol. The van der Waals surface area contributed by atoms with Crippen LogP contribution in [0.1, 0.15) is 66.5 Å².